The van der Waals surface area contributed by atoms with Crippen LogP contribution >= 0.6 is 0 Å². The molecule has 0 aliphatic carbocycles. The number of nitro groups is 1. The lowest BCUT2D eigenvalue weighted by Crippen LogP contribution is -2.38. The van der Waals surface area contributed by atoms with Gasteiger partial charge in [0.1, 0.15) is 0 Å². The zero-order chi connectivity index (χ0) is 15.2. The molecule has 1 aromatic rings. The van der Waals surface area contributed by atoms with Crippen molar-refractivity contribution in [1.82, 2.24) is 10.2 Å². The van der Waals surface area contributed by atoms with Gasteiger partial charge >= 0.3 is 0 Å². The van der Waals surface area contributed by atoms with Gasteiger partial charge in [0.2, 0.25) is 0 Å². The fourth-order valence-electron chi connectivity index (χ4n) is 3.06. The summed E-state index contributed by atoms with van der Waals surface area (Å²) in [4.78, 5) is 13.1. The Bertz CT molecular complexity index is 490. The molecule has 1 N–H and O–H groups in total. The minimum atomic E-state index is -0.310. The summed E-state index contributed by atoms with van der Waals surface area (Å²) in [5, 5.41) is 14.4. The van der Waals surface area contributed by atoms with E-state index in [4.69, 9.17) is 0 Å². The molecular formula is C16H25N3O2. The Hall–Kier alpha value is -1.46. The standard InChI is InChI=1S/C16H25N3O2/c1-13-14(6-5-8-16(13)19(20)21)12-17-10-9-15-7-3-4-11-18(15)2/h5-6,8,15,17H,3-4,7,9-12H2,1-2H3. The molecule has 0 aromatic heterocycles. The molecule has 5 heteroatoms. The number of hydrogen-bond donors (Lipinski definition) is 1. The van der Waals surface area contributed by atoms with Gasteiger partial charge in [0, 0.05) is 24.2 Å². The van der Waals surface area contributed by atoms with Gasteiger partial charge in [0.05, 0.1) is 4.92 Å². The Labute approximate surface area is 126 Å². The second-order valence-corrected chi connectivity index (χ2v) is 5.91. The Balaban J connectivity index is 1.81. The second-order valence-electron chi connectivity index (χ2n) is 5.91. The molecule has 1 aromatic carbocycles. The van der Waals surface area contributed by atoms with Crippen LogP contribution in [0.2, 0.25) is 0 Å². The highest BCUT2D eigenvalue weighted by Crippen LogP contribution is 2.21. The maximum Gasteiger partial charge on any atom is 0.272 e. The van der Waals surface area contributed by atoms with Crippen LogP contribution in [-0.4, -0.2) is 36.0 Å². The van der Waals surface area contributed by atoms with Crippen molar-refractivity contribution < 1.29 is 4.92 Å². The fraction of sp³-hybridized carbons (Fsp3) is 0.625. The van der Waals surface area contributed by atoms with Crippen LogP contribution in [0.5, 0.6) is 0 Å². The number of piperidine rings is 1. The van der Waals surface area contributed by atoms with Gasteiger partial charge in [-0.3, -0.25) is 10.1 Å². The minimum Gasteiger partial charge on any atom is -0.313 e. The number of benzene rings is 1. The summed E-state index contributed by atoms with van der Waals surface area (Å²) in [5.74, 6) is 0. The molecule has 1 fully saturated rings. The van der Waals surface area contributed by atoms with Crippen molar-refractivity contribution in [1.29, 1.82) is 0 Å². The van der Waals surface area contributed by atoms with Crippen molar-refractivity contribution >= 4 is 5.69 Å². The molecule has 0 spiro atoms. The third-order valence-corrected chi connectivity index (χ3v) is 4.51. The van der Waals surface area contributed by atoms with Crippen molar-refractivity contribution in [3.8, 4) is 0 Å². The highest BCUT2D eigenvalue weighted by atomic mass is 16.6. The quantitative estimate of drug-likeness (QED) is 0.497. The molecule has 5 nitrogen and oxygen atoms in total. The van der Waals surface area contributed by atoms with Gasteiger partial charge in [-0.15, -0.1) is 0 Å². The predicted octanol–water partition coefficient (Wildman–Crippen LogP) is 2.87. The maximum absolute atomic E-state index is 10.9. The SMILES string of the molecule is Cc1c(CNCCC2CCCCN2C)cccc1[N+](=O)[O-]. The van der Waals surface area contributed by atoms with Crippen molar-refractivity contribution in [2.75, 3.05) is 20.1 Å². The molecule has 21 heavy (non-hydrogen) atoms. The molecule has 1 atom stereocenters. The topological polar surface area (TPSA) is 58.4 Å². The minimum absolute atomic E-state index is 0.210. The molecule has 116 valence electrons. The van der Waals surface area contributed by atoms with Gasteiger partial charge < -0.3 is 10.2 Å². The van der Waals surface area contributed by atoms with E-state index in [1.165, 1.54) is 25.8 Å². The average molecular weight is 291 g/mol. The third-order valence-electron chi connectivity index (χ3n) is 4.51. The summed E-state index contributed by atoms with van der Waals surface area (Å²) in [6.07, 6.45) is 5.07. The van der Waals surface area contributed by atoms with Crippen LogP contribution in [0, 0.1) is 17.0 Å². The second kappa shape index (κ2) is 7.52. The molecule has 2 rings (SSSR count). The highest BCUT2D eigenvalue weighted by Gasteiger charge is 2.18. The number of nitro benzene ring substituents is 1. The Morgan fingerprint density at radius 3 is 2.95 bits per heavy atom. The fourth-order valence-corrected chi connectivity index (χ4v) is 3.06. The average Bonchev–Trinajstić information content (AvgIpc) is 2.46. The Morgan fingerprint density at radius 2 is 2.24 bits per heavy atom. The number of nitrogens with zero attached hydrogens (tertiary/aromatic N) is 2. The molecule has 0 saturated carbocycles. The Morgan fingerprint density at radius 1 is 1.43 bits per heavy atom. The van der Waals surface area contributed by atoms with Crippen LogP contribution in [0.15, 0.2) is 18.2 Å². The van der Waals surface area contributed by atoms with Crippen LogP contribution in [0.25, 0.3) is 0 Å². The van der Waals surface area contributed by atoms with E-state index in [2.05, 4.69) is 17.3 Å². The summed E-state index contributed by atoms with van der Waals surface area (Å²) in [5.41, 5.74) is 1.99. The van der Waals surface area contributed by atoms with Crippen LogP contribution < -0.4 is 5.32 Å². The van der Waals surface area contributed by atoms with Crippen LogP contribution in [0.3, 0.4) is 0 Å². The first-order valence-corrected chi connectivity index (χ1v) is 7.73. The molecule has 0 radical (unpaired) electrons. The molecular weight excluding hydrogens is 266 g/mol. The lowest BCUT2D eigenvalue weighted by atomic mass is 10.00. The van der Waals surface area contributed by atoms with Crippen molar-refractivity contribution in [3.05, 3.63) is 39.4 Å². The zero-order valence-corrected chi connectivity index (χ0v) is 13.0. The third kappa shape index (κ3) is 4.25. The van der Waals surface area contributed by atoms with Crippen molar-refractivity contribution in [2.45, 2.75) is 45.2 Å². The van der Waals surface area contributed by atoms with Gasteiger partial charge in [0.15, 0.2) is 0 Å². The number of rotatable bonds is 6. The number of nitrogens with one attached hydrogen (secondary N) is 1. The lowest BCUT2D eigenvalue weighted by molar-refractivity contribution is -0.385. The summed E-state index contributed by atoms with van der Waals surface area (Å²) in [6.45, 7) is 4.68. The predicted molar refractivity (Wildman–Crippen MR) is 84.4 cm³/mol. The molecule has 1 aliphatic heterocycles. The number of hydrogen-bond acceptors (Lipinski definition) is 4. The number of likely N-dealkylation sites (tertiary alicyclic amines) is 1. The first kappa shape index (κ1) is 15.9. The van der Waals surface area contributed by atoms with Gasteiger partial charge in [-0.05, 0) is 51.9 Å². The first-order chi connectivity index (χ1) is 10.1. The summed E-state index contributed by atoms with van der Waals surface area (Å²) in [7, 11) is 2.20. The van der Waals surface area contributed by atoms with Crippen LogP contribution in [0.1, 0.15) is 36.8 Å². The van der Waals surface area contributed by atoms with E-state index in [0.29, 0.717) is 12.6 Å². The highest BCUT2D eigenvalue weighted by molar-refractivity contribution is 5.44. The summed E-state index contributed by atoms with van der Waals surface area (Å²) >= 11 is 0. The normalized spacial score (nSPS) is 19.6. The van der Waals surface area contributed by atoms with Crippen molar-refractivity contribution in [2.24, 2.45) is 0 Å². The Kier molecular flexibility index (Phi) is 5.70. The van der Waals surface area contributed by atoms with Gasteiger partial charge in [-0.2, -0.15) is 0 Å². The smallest absolute Gasteiger partial charge is 0.272 e. The van der Waals surface area contributed by atoms with E-state index in [1.54, 1.807) is 12.1 Å². The molecule has 1 saturated heterocycles. The lowest BCUT2D eigenvalue weighted by Gasteiger charge is -2.32. The zero-order valence-electron chi connectivity index (χ0n) is 13.0. The van der Waals surface area contributed by atoms with Crippen LogP contribution in [-0.2, 0) is 6.54 Å². The van der Waals surface area contributed by atoms with E-state index in [1.807, 2.05) is 13.0 Å². The first-order valence-electron chi connectivity index (χ1n) is 7.73. The molecule has 1 heterocycles. The summed E-state index contributed by atoms with van der Waals surface area (Å²) in [6, 6.07) is 5.96. The van der Waals surface area contributed by atoms with E-state index in [-0.39, 0.29) is 10.6 Å². The van der Waals surface area contributed by atoms with E-state index in [0.717, 1.165) is 24.1 Å². The molecule has 0 amide bonds. The molecule has 1 aliphatic rings. The maximum atomic E-state index is 10.9. The monoisotopic (exact) mass is 291 g/mol. The molecule has 0 bridgehead atoms. The van der Waals surface area contributed by atoms with Gasteiger partial charge in [-0.1, -0.05) is 18.6 Å². The van der Waals surface area contributed by atoms with Gasteiger partial charge in [0.25, 0.3) is 5.69 Å². The van der Waals surface area contributed by atoms with E-state index < -0.39 is 0 Å². The summed E-state index contributed by atoms with van der Waals surface area (Å²) < 4.78 is 0. The largest absolute Gasteiger partial charge is 0.313 e. The molecule has 1 unspecified atom stereocenters. The van der Waals surface area contributed by atoms with Crippen LogP contribution in [0.4, 0.5) is 5.69 Å². The van der Waals surface area contributed by atoms with E-state index in [9.17, 15) is 10.1 Å². The van der Waals surface area contributed by atoms with Crippen molar-refractivity contribution in [3.63, 3.8) is 0 Å². The van der Waals surface area contributed by atoms with E-state index >= 15 is 0 Å². The van der Waals surface area contributed by atoms with Gasteiger partial charge in [-0.25, -0.2) is 0 Å².